The van der Waals surface area contributed by atoms with Crippen molar-refractivity contribution < 1.29 is 4.79 Å². The van der Waals surface area contributed by atoms with Gasteiger partial charge in [-0.3, -0.25) is 9.80 Å². The van der Waals surface area contributed by atoms with Crippen LogP contribution in [0, 0.1) is 0 Å². The van der Waals surface area contributed by atoms with Crippen LogP contribution in [0.25, 0.3) is 0 Å². The SMILES string of the molecule is CN(C(=O)N(c1ccccc1)C(Cl)Cl)c1ccccc1. The maximum absolute atomic E-state index is 12.6. The Labute approximate surface area is 128 Å². The second kappa shape index (κ2) is 6.64. The van der Waals surface area contributed by atoms with Crippen LogP contribution in [0.2, 0.25) is 0 Å². The zero-order chi connectivity index (χ0) is 14.5. The Balaban J connectivity index is 2.29. The summed E-state index contributed by atoms with van der Waals surface area (Å²) in [7, 11) is 1.68. The fourth-order valence-corrected chi connectivity index (χ4v) is 2.21. The predicted octanol–water partition coefficient (Wildman–Crippen LogP) is 4.51. The summed E-state index contributed by atoms with van der Waals surface area (Å²) < 4.78 is 0. The number of carbonyl (C=O) groups is 1. The van der Waals surface area contributed by atoms with Gasteiger partial charge in [0.15, 0.2) is 4.96 Å². The topological polar surface area (TPSA) is 23.6 Å². The van der Waals surface area contributed by atoms with Gasteiger partial charge in [0.1, 0.15) is 0 Å². The van der Waals surface area contributed by atoms with E-state index in [1.165, 1.54) is 9.80 Å². The van der Waals surface area contributed by atoms with E-state index in [4.69, 9.17) is 23.2 Å². The monoisotopic (exact) mass is 308 g/mol. The van der Waals surface area contributed by atoms with Gasteiger partial charge in [-0.15, -0.1) is 0 Å². The van der Waals surface area contributed by atoms with Crippen molar-refractivity contribution in [2.24, 2.45) is 0 Å². The van der Waals surface area contributed by atoms with E-state index in [0.717, 1.165) is 5.69 Å². The number of benzene rings is 2. The molecule has 0 aliphatic carbocycles. The lowest BCUT2D eigenvalue weighted by Gasteiger charge is -2.29. The van der Waals surface area contributed by atoms with E-state index in [-0.39, 0.29) is 6.03 Å². The van der Waals surface area contributed by atoms with E-state index in [1.807, 2.05) is 48.5 Å². The molecule has 0 N–H and O–H groups in total. The van der Waals surface area contributed by atoms with Gasteiger partial charge in [-0.2, -0.15) is 0 Å². The molecule has 0 bridgehead atoms. The highest BCUT2D eigenvalue weighted by atomic mass is 35.5. The molecule has 0 aliphatic heterocycles. The van der Waals surface area contributed by atoms with E-state index in [2.05, 4.69) is 0 Å². The molecule has 20 heavy (non-hydrogen) atoms. The van der Waals surface area contributed by atoms with Gasteiger partial charge < -0.3 is 0 Å². The van der Waals surface area contributed by atoms with Gasteiger partial charge in [-0.05, 0) is 24.3 Å². The van der Waals surface area contributed by atoms with Gasteiger partial charge in [0.25, 0.3) is 0 Å². The van der Waals surface area contributed by atoms with Gasteiger partial charge in [0.2, 0.25) is 0 Å². The molecule has 2 aromatic rings. The predicted molar refractivity (Wildman–Crippen MR) is 84.7 cm³/mol. The van der Waals surface area contributed by atoms with Crippen LogP contribution in [-0.4, -0.2) is 18.0 Å². The second-order valence-corrected chi connectivity index (χ2v) is 5.21. The lowest BCUT2D eigenvalue weighted by atomic mass is 10.3. The summed E-state index contributed by atoms with van der Waals surface area (Å²) in [5.41, 5.74) is 1.42. The summed E-state index contributed by atoms with van der Waals surface area (Å²) in [4.78, 5) is 14.4. The van der Waals surface area contributed by atoms with E-state index in [9.17, 15) is 4.79 Å². The quantitative estimate of drug-likeness (QED) is 0.604. The van der Waals surface area contributed by atoms with Crippen molar-refractivity contribution in [1.29, 1.82) is 0 Å². The number of nitrogens with zero attached hydrogens (tertiary/aromatic N) is 2. The van der Waals surface area contributed by atoms with Gasteiger partial charge in [-0.1, -0.05) is 59.6 Å². The molecule has 0 aliphatic rings. The van der Waals surface area contributed by atoms with Crippen LogP contribution in [0.15, 0.2) is 60.7 Å². The molecule has 0 saturated heterocycles. The third-order valence-corrected chi connectivity index (χ3v) is 3.26. The van der Waals surface area contributed by atoms with Crippen molar-refractivity contribution in [2.45, 2.75) is 4.96 Å². The molecule has 0 saturated carbocycles. The highest BCUT2D eigenvalue weighted by molar-refractivity contribution is 6.47. The van der Waals surface area contributed by atoms with Crippen LogP contribution in [0.4, 0.5) is 16.2 Å². The lowest BCUT2D eigenvalue weighted by Crippen LogP contribution is -2.43. The van der Waals surface area contributed by atoms with Gasteiger partial charge in [0, 0.05) is 18.4 Å². The second-order valence-electron chi connectivity index (χ2n) is 4.16. The van der Waals surface area contributed by atoms with Crippen LogP contribution in [0.1, 0.15) is 0 Å². The molecule has 0 aromatic heterocycles. The first kappa shape index (κ1) is 14.7. The molecule has 0 radical (unpaired) electrons. The number of urea groups is 1. The van der Waals surface area contributed by atoms with Crippen molar-refractivity contribution >= 4 is 40.6 Å². The van der Waals surface area contributed by atoms with E-state index in [0.29, 0.717) is 5.69 Å². The van der Waals surface area contributed by atoms with Crippen LogP contribution >= 0.6 is 23.2 Å². The molecule has 5 heteroatoms. The number of para-hydroxylation sites is 2. The summed E-state index contributed by atoms with van der Waals surface area (Å²) >= 11 is 11.9. The third-order valence-electron chi connectivity index (χ3n) is 2.87. The van der Waals surface area contributed by atoms with Crippen LogP contribution in [0.5, 0.6) is 0 Å². The minimum Gasteiger partial charge on any atom is -0.297 e. The van der Waals surface area contributed by atoms with Crippen molar-refractivity contribution in [2.75, 3.05) is 16.8 Å². The molecular weight excluding hydrogens is 295 g/mol. The molecule has 2 aromatic carbocycles. The highest BCUT2D eigenvalue weighted by Gasteiger charge is 2.25. The largest absolute Gasteiger partial charge is 0.330 e. The smallest absolute Gasteiger partial charge is 0.297 e. The fraction of sp³-hybridized carbons (Fsp3) is 0.133. The van der Waals surface area contributed by atoms with Crippen molar-refractivity contribution in [3.8, 4) is 0 Å². The minimum atomic E-state index is -0.962. The molecule has 2 amide bonds. The van der Waals surface area contributed by atoms with Crippen molar-refractivity contribution in [3.63, 3.8) is 0 Å². The Morgan fingerprint density at radius 3 is 1.80 bits per heavy atom. The molecule has 0 fully saturated rings. The summed E-state index contributed by atoms with van der Waals surface area (Å²) in [6.45, 7) is 0. The Kier molecular flexibility index (Phi) is 4.88. The molecule has 2 rings (SSSR count). The number of rotatable bonds is 3. The first-order chi connectivity index (χ1) is 9.61. The first-order valence-corrected chi connectivity index (χ1v) is 6.93. The zero-order valence-corrected chi connectivity index (χ0v) is 12.4. The summed E-state index contributed by atoms with van der Waals surface area (Å²) in [5, 5.41) is 0. The Morgan fingerprint density at radius 2 is 1.35 bits per heavy atom. The molecule has 0 heterocycles. The standard InChI is InChI=1S/C15H14Cl2N2O/c1-18(12-8-4-2-5-9-12)15(20)19(14(16)17)13-10-6-3-7-11-13/h2-11,14H,1H3. The normalized spacial score (nSPS) is 10.4. The van der Waals surface area contributed by atoms with E-state index in [1.54, 1.807) is 19.2 Å². The number of hydrogen-bond acceptors (Lipinski definition) is 1. The average Bonchev–Trinajstić information content (AvgIpc) is 2.48. The van der Waals surface area contributed by atoms with Crippen molar-refractivity contribution in [3.05, 3.63) is 60.7 Å². The van der Waals surface area contributed by atoms with Gasteiger partial charge >= 0.3 is 6.03 Å². The zero-order valence-electron chi connectivity index (χ0n) is 10.9. The third kappa shape index (κ3) is 3.24. The number of carbonyl (C=O) groups excluding carboxylic acids is 1. The lowest BCUT2D eigenvalue weighted by molar-refractivity contribution is 0.253. The summed E-state index contributed by atoms with van der Waals surface area (Å²) in [6.07, 6.45) is 0. The van der Waals surface area contributed by atoms with Crippen LogP contribution in [-0.2, 0) is 0 Å². The highest BCUT2D eigenvalue weighted by Crippen LogP contribution is 2.24. The maximum Gasteiger partial charge on any atom is 0.330 e. The van der Waals surface area contributed by atoms with E-state index >= 15 is 0 Å². The Hall–Kier alpha value is -1.71. The molecular formula is C15H14Cl2N2O. The molecule has 0 atom stereocenters. The van der Waals surface area contributed by atoms with Gasteiger partial charge in [-0.25, -0.2) is 4.79 Å². The molecule has 0 spiro atoms. The van der Waals surface area contributed by atoms with Crippen LogP contribution < -0.4 is 9.80 Å². The van der Waals surface area contributed by atoms with E-state index < -0.39 is 4.96 Å². The maximum atomic E-state index is 12.6. The van der Waals surface area contributed by atoms with Crippen molar-refractivity contribution in [1.82, 2.24) is 0 Å². The number of anilines is 2. The summed E-state index contributed by atoms with van der Waals surface area (Å²) in [6, 6.07) is 18.1. The van der Waals surface area contributed by atoms with Gasteiger partial charge in [0.05, 0.1) is 0 Å². The number of amides is 2. The Morgan fingerprint density at radius 1 is 0.900 bits per heavy atom. The molecule has 3 nitrogen and oxygen atoms in total. The number of halogens is 2. The van der Waals surface area contributed by atoms with Crippen LogP contribution in [0.3, 0.4) is 0 Å². The summed E-state index contributed by atoms with van der Waals surface area (Å²) in [5.74, 6) is 0. The fourth-order valence-electron chi connectivity index (χ4n) is 1.82. The number of hydrogen-bond donors (Lipinski definition) is 0. The number of alkyl halides is 2. The molecule has 0 unspecified atom stereocenters. The average molecular weight is 309 g/mol. The first-order valence-electron chi connectivity index (χ1n) is 6.06. The molecule has 104 valence electrons. The minimum absolute atomic E-state index is 0.294. The Bertz CT molecular complexity index is 561.